The number of benzene rings is 1. The Morgan fingerprint density at radius 1 is 1.23 bits per heavy atom. The molecule has 0 aliphatic rings. The Balaban J connectivity index is 1.99. The molecular weight excluding hydrogens is 286 g/mol. The molecule has 0 aliphatic heterocycles. The Labute approximate surface area is 127 Å². The molecule has 1 aromatic heterocycles. The van der Waals surface area contributed by atoms with Crippen LogP contribution in [0.1, 0.15) is 27.6 Å². The minimum Gasteiger partial charge on any atom is -0.465 e. The van der Waals surface area contributed by atoms with Crippen molar-refractivity contribution in [3.63, 3.8) is 0 Å². The third-order valence-corrected chi connectivity index (χ3v) is 2.89. The van der Waals surface area contributed by atoms with Crippen molar-refractivity contribution >= 4 is 17.6 Å². The second kappa shape index (κ2) is 7.37. The maximum atomic E-state index is 12.1. The molecule has 7 nitrogen and oxygen atoms in total. The van der Waals surface area contributed by atoms with Gasteiger partial charge in [-0.3, -0.25) is 4.79 Å². The van der Waals surface area contributed by atoms with Crippen molar-refractivity contribution in [2.24, 2.45) is 0 Å². The van der Waals surface area contributed by atoms with E-state index in [0.717, 1.165) is 0 Å². The van der Waals surface area contributed by atoms with E-state index >= 15 is 0 Å². The van der Waals surface area contributed by atoms with Gasteiger partial charge in [0.25, 0.3) is 5.91 Å². The van der Waals surface area contributed by atoms with E-state index in [0.29, 0.717) is 30.2 Å². The van der Waals surface area contributed by atoms with Gasteiger partial charge in [0.15, 0.2) is 0 Å². The summed E-state index contributed by atoms with van der Waals surface area (Å²) in [5, 5.41) is 6.79. The van der Waals surface area contributed by atoms with Crippen molar-refractivity contribution in [3.05, 3.63) is 47.8 Å². The number of carbonyl (C=O) groups is 2. The summed E-state index contributed by atoms with van der Waals surface area (Å²) in [6, 6.07) is 6.21. The summed E-state index contributed by atoms with van der Waals surface area (Å²) in [6.07, 6.45) is 3.22. The van der Waals surface area contributed by atoms with Crippen LogP contribution in [-0.2, 0) is 16.2 Å². The molecule has 0 unspecified atom stereocenters. The van der Waals surface area contributed by atoms with Crippen molar-refractivity contribution in [2.45, 2.75) is 13.7 Å². The fraction of sp³-hybridized carbons (Fsp3) is 0.267. The summed E-state index contributed by atoms with van der Waals surface area (Å²) in [6.45, 7) is 2.82. The van der Waals surface area contributed by atoms with Crippen LogP contribution < -0.4 is 5.32 Å². The van der Waals surface area contributed by atoms with E-state index in [-0.39, 0.29) is 5.91 Å². The van der Waals surface area contributed by atoms with Crippen LogP contribution in [0.2, 0.25) is 0 Å². The zero-order valence-corrected chi connectivity index (χ0v) is 12.4. The topological polar surface area (TPSA) is 82.5 Å². The number of hydrogen-bond donors (Lipinski definition) is 1. The standard InChI is InChI=1S/C15H17N3O4/c1-3-22-10-18-9-13(8-16-18)17-14(19)11-4-6-12(7-5-11)15(20)21-2/h4-9H,3,10H2,1-2H3,(H,17,19). The summed E-state index contributed by atoms with van der Waals surface area (Å²) in [4.78, 5) is 23.4. The molecule has 2 aromatic rings. The van der Waals surface area contributed by atoms with Crippen LogP contribution in [0.25, 0.3) is 0 Å². The van der Waals surface area contributed by atoms with Crippen LogP contribution in [-0.4, -0.2) is 35.4 Å². The lowest BCUT2D eigenvalue weighted by atomic mass is 10.1. The first-order valence-electron chi connectivity index (χ1n) is 6.74. The molecule has 0 spiro atoms. The van der Waals surface area contributed by atoms with Crippen molar-refractivity contribution in [3.8, 4) is 0 Å². The molecule has 1 amide bonds. The second-order valence-electron chi connectivity index (χ2n) is 4.41. The quantitative estimate of drug-likeness (QED) is 0.824. The minimum absolute atomic E-state index is 0.285. The molecule has 2 rings (SSSR count). The largest absolute Gasteiger partial charge is 0.465 e. The average Bonchev–Trinajstić information content (AvgIpc) is 2.99. The number of carbonyl (C=O) groups excluding carboxylic acids is 2. The third kappa shape index (κ3) is 3.92. The fourth-order valence-corrected chi connectivity index (χ4v) is 1.76. The predicted octanol–water partition coefficient (Wildman–Crippen LogP) is 1.92. The number of esters is 1. The molecule has 0 radical (unpaired) electrons. The molecule has 0 saturated carbocycles. The molecule has 1 heterocycles. The van der Waals surface area contributed by atoms with E-state index in [1.807, 2.05) is 6.92 Å². The van der Waals surface area contributed by atoms with Crippen molar-refractivity contribution < 1.29 is 19.1 Å². The predicted molar refractivity (Wildman–Crippen MR) is 79.6 cm³/mol. The number of aromatic nitrogens is 2. The Morgan fingerprint density at radius 2 is 1.91 bits per heavy atom. The van der Waals surface area contributed by atoms with Crippen LogP contribution in [0.5, 0.6) is 0 Å². The first-order chi connectivity index (χ1) is 10.6. The monoisotopic (exact) mass is 303 g/mol. The number of amides is 1. The number of ether oxygens (including phenoxy) is 2. The Bertz CT molecular complexity index is 649. The van der Waals surface area contributed by atoms with Crippen molar-refractivity contribution in [1.29, 1.82) is 0 Å². The van der Waals surface area contributed by atoms with Crippen LogP contribution in [0, 0.1) is 0 Å². The van der Waals surface area contributed by atoms with Gasteiger partial charge in [0.05, 0.1) is 30.8 Å². The van der Waals surface area contributed by atoms with Gasteiger partial charge in [0, 0.05) is 12.2 Å². The van der Waals surface area contributed by atoms with Crippen LogP contribution in [0.4, 0.5) is 5.69 Å². The molecule has 22 heavy (non-hydrogen) atoms. The van der Waals surface area contributed by atoms with E-state index < -0.39 is 5.97 Å². The van der Waals surface area contributed by atoms with Crippen LogP contribution >= 0.6 is 0 Å². The SMILES string of the molecule is CCOCn1cc(NC(=O)c2ccc(C(=O)OC)cc2)cn1. The first kappa shape index (κ1) is 15.7. The Morgan fingerprint density at radius 3 is 2.55 bits per heavy atom. The van der Waals surface area contributed by atoms with Gasteiger partial charge in [-0.2, -0.15) is 5.10 Å². The lowest BCUT2D eigenvalue weighted by Gasteiger charge is -2.04. The molecule has 1 aromatic carbocycles. The highest BCUT2D eigenvalue weighted by Crippen LogP contribution is 2.10. The van der Waals surface area contributed by atoms with Gasteiger partial charge in [-0.15, -0.1) is 0 Å². The molecule has 0 fully saturated rings. The van der Waals surface area contributed by atoms with E-state index in [2.05, 4.69) is 15.2 Å². The van der Waals surface area contributed by atoms with E-state index in [1.165, 1.54) is 7.11 Å². The van der Waals surface area contributed by atoms with Gasteiger partial charge >= 0.3 is 5.97 Å². The molecule has 7 heteroatoms. The summed E-state index contributed by atoms with van der Waals surface area (Å²) in [5.74, 6) is -0.725. The van der Waals surface area contributed by atoms with Gasteiger partial charge in [-0.05, 0) is 31.2 Å². The van der Waals surface area contributed by atoms with Crippen LogP contribution in [0.3, 0.4) is 0 Å². The summed E-state index contributed by atoms with van der Waals surface area (Å²) in [5.41, 5.74) is 1.40. The van der Waals surface area contributed by atoms with E-state index in [9.17, 15) is 9.59 Å². The minimum atomic E-state index is -0.441. The van der Waals surface area contributed by atoms with Gasteiger partial charge in [-0.25, -0.2) is 9.48 Å². The smallest absolute Gasteiger partial charge is 0.337 e. The summed E-state index contributed by atoms with van der Waals surface area (Å²) >= 11 is 0. The maximum Gasteiger partial charge on any atom is 0.337 e. The molecule has 0 aliphatic carbocycles. The number of rotatable bonds is 6. The number of methoxy groups -OCH3 is 1. The summed E-state index contributed by atoms with van der Waals surface area (Å²) < 4.78 is 11.4. The van der Waals surface area contributed by atoms with E-state index in [1.54, 1.807) is 41.3 Å². The maximum absolute atomic E-state index is 12.1. The second-order valence-corrected chi connectivity index (χ2v) is 4.41. The Hall–Kier alpha value is -2.67. The zero-order valence-electron chi connectivity index (χ0n) is 12.4. The average molecular weight is 303 g/mol. The lowest BCUT2D eigenvalue weighted by molar-refractivity contribution is 0.0600. The molecular formula is C15H17N3O4. The van der Waals surface area contributed by atoms with E-state index in [4.69, 9.17) is 4.74 Å². The number of anilines is 1. The highest BCUT2D eigenvalue weighted by molar-refractivity contribution is 6.04. The molecule has 1 N–H and O–H groups in total. The molecule has 0 saturated heterocycles. The van der Waals surface area contributed by atoms with Gasteiger partial charge in [-0.1, -0.05) is 0 Å². The number of nitrogens with zero attached hydrogens (tertiary/aromatic N) is 2. The zero-order chi connectivity index (χ0) is 15.9. The number of nitrogens with one attached hydrogen (secondary N) is 1. The van der Waals surface area contributed by atoms with Gasteiger partial charge in [0.1, 0.15) is 6.73 Å². The fourth-order valence-electron chi connectivity index (χ4n) is 1.76. The molecule has 0 atom stereocenters. The molecule has 116 valence electrons. The normalized spacial score (nSPS) is 10.3. The van der Waals surface area contributed by atoms with Gasteiger partial charge < -0.3 is 14.8 Å². The first-order valence-corrected chi connectivity index (χ1v) is 6.74. The molecule has 0 bridgehead atoms. The highest BCUT2D eigenvalue weighted by Gasteiger charge is 2.10. The van der Waals surface area contributed by atoms with Crippen LogP contribution in [0.15, 0.2) is 36.7 Å². The third-order valence-electron chi connectivity index (χ3n) is 2.89. The van der Waals surface area contributed by atoms with Crippen molar-refractivity contribution in [2.75, 3.05) is 19.0 Å². The lowest BCUT2D eigenvalue weighted by Crippen LogP contribution is -2.12. The highest BCUT2D eigenvalue weighted by atomic mass is 16.5. The number of hydrogen-bond acceptors (Lipinski definition) is 5. The Kier molecular flexibility index (Phi) is 5.26. The van der Waals surface area contributed by atoms with Gasteiger partial charge in [0.2, 0.25) is 0 Å². The summed E-state index contributed by atoms with van der Waals surface area (Å²) in [7, 11) is 1.31. The van der Waals surface area contributed by atoms with Crippen molar-refractivity contribution in [1.82, 2.24) is 9.78 Å².